The van der Waals surface area contributed by atoms with E-state index in [1.165, 1.54) is 0 Å². The number of anilines is 1. The maximum Gasteiger partial charge on any atom is 0.322 e. The largest absolute Gasteiger partial charge is 0.497 e. The number of benzene rings is 2. The van der Waals surface area contributed by atoms with E-state index in [4.69, 9.17) is 4.74 Å². The third-order valence-electron chi connectivity index (χ3n) is 5.01. The standard InChI is InChI=1S/C22H21BrN4O3/c1-30-17-4-2-3-14(11-17)12-20-25-19-9-10-27(13-18(19)21(28)26-20)22(29)24-16-7-5-15(23)6-8-16/h2-8,11H,9-10,12-13H2,1H3,(H,24,29)(H,25,26,28). The Morgan fingerprint density at radius 2 is 2.07 bits per heavy atom. The zero-order valence-electron chi connectivity index (χ0n) is 16.4. The van der Waals surface area contributed by atoms with Crippen LogP contribution in [0.15, 0.2) is 57.8 Å². The first kappa shape index (κ1) is 20.2. The van der Waals surface area contributed by atoms with Crippen LogP contribution in [-0.2, 0) is 19.4 Å². The first-order chi connectivity index (χ1) is 14.5. The number of aromatic nitrogens is 2. The number of aromatic amines is 1. The van der Waals surface area contributed by atoms with Crippen LogP contribution < -0.4 is 15.6 Å². The van der Waals surface area contributed by atoms with Gasteiger partial charge in [0.1, 0.15) is 11.6 Å². The van der Waals surface area contributed by atoms with E-state index in [9.17, 15) is 9.59 Å². The normalized spacial score (nSPS) is 12.9. The number of ether oxygens (including phenoxy) is 1. The van der Waals surface area contributed by atoms with Crippen molar-refractivity contribution in [2.24, 2.45) is 0 Å². The second-order valence-electron chi connectivity index (χ2n) is 7.07. The second kappa shape index (κ2) is 8.71. The maximum absolute atomic E-state index is 12.7. The summed E-state index contributed by atoms with van der Waals surface area (Å²) in [6.07, 6.45) is 1.05. The topological polar surface area (TPSA) is 87.3 Å². The molecular formula is C22H21BrN4O3. The van der Waals surface area contributed by atoms with Crippen molar-refractivity contribution >= 4 is 27.6 Å². The van der Waals surface area contributed by atoms with Crippen molar-refractivity contribution in [3.05, 3.63) is 86.0 Å². The molecule has 2 N–H and O–H groups in total. The zero-order valence-corrected chi connectivity index (χ0v) is 18.0. The number of hydrogen-bond acceptors (Lipinski definition) is 4. The van der Waals surface area contributed by atoms with Gasteiger partial charge in [0.2, 0.25) is 0 Å². The van der Waals surface area contributed by atoms with E-state index < -0.39 is 0 Å². The van der Waals surface area contributed by atoms with Crippen molar-refractivity contribution in [3.8, 4) is 5.75 Å². The number of carbonyl (C=O) groups is 1. The molecule has 154 valence electrons. The number of carbonyl (C=O) groups excluding carboxylic acids is 1. The minimum atomic E-state index is -0.233. The summed E-state index contributed by atoms with van der Waals surface area (Å²) in [5.41, 5.74) is 2.81. The molecule has 2 aromatic carbocycles. The second-order valence-corrected chi connectivity index (χ2v) is 7.99. The van der Waals surface area contributed by atoms with Crippen LogP contribution in [0.3, 0.4) is 0 Å². The van der Waals surface area contributed by atoms with E-state index in [1.54, 1.807) is 12.0 Å². The lowest BCUT2D eigenvalue weighted by atomic mass is 10.1. The van der Waals surface area contributed by atoms with E-state index in [-0.39, 0.29) is 18.1 Å². The number of H-pyrrole nitrogens is 1. The molecule has 0 atom stereocenters. The third-order valence-corrected chi connectivity index (χ3v) is 5.53. The molecule has 2 amide bonds. The van der Waals surface area contributed by atoms with Crippen LogP contribution in [-0.4, -0.2) is 34.6 Å². The highest BCUT2D eigenvalue weighted by atomic mass is 79.9. The Morgan fingerprint density at radius 1 is 1.27 bits per heavy atom. The van der Waals surface area contributed by atoms with Crippen molar-refractivity contribution in [2.75, 3.05) is 19.0 Å². The number of hydrogen-bond donors (Lipinski definition) is 2. The van der Waals surface area contributed by atoms with Gasteiger partial charge in [-0.25, -0.2) is 9.78 Å². The highest BCUT2D eigenvalue weighted by molar-refractivity contribution is 9.10. The fourth-order valence-electron chi connectivity index (χ4n) is 3.45. The SMILES string of the molecule is COc1cccc(Cc2nc3c(c(=O)[nH]2)CN(C(=O)Nc2ccc(Br)cc2)CC3)c1. The lowest BCUT2D eigenvalue weighted by Gasteiger charge is -2.28. The number of urea groups is 1. The highest BCUT2D eigenvalue weighted by Gasteiger charge is 2.24. The molecule has 0 radical (unpaired) electrons. The average Bonchev–Trinajstić information content (AvgIpc) is 2.75. The van der Waals surface area contributed by atoms with Gasteiger partial charge in [-0.1, -0.05) is 28.1 Å². The van der Waals surface area contributed by atoms with Crippen LogP contribution in [0.2, 0.25) is 0 Å². The fraction of sp³-hybridized carbons (Fsp3) is 0.227. The summed E-state index contributed by atoms with van der Waals surface area (Å²) in [6, 6.07) is 14.8. The molecule has 0 spiro atoms. The number of fused-ring (bicyclic) bond motifs is 1. The van der Waals surface area contributed by atoms with Gasteiger partial charge in [-0.05, 0) is 42.0 Å². The summed E-state index contributed by atoms with van der Waals surface area (Å²) in [4.78, 5) is 34.4. The average molecular weight is 469 g/mol. The van der Waals surface area contributed by atoms with Gasteiger partial charge >= 0.3 is 6.03 Å². The molecule has 30 heavy (non-hydrogen) atoms. The quantitative estimate of drug-likeness (QED) is 0.610. The minimum Gasteiger partial charge on any atom is -0.497 e. The molecule has 2 heterocycles. The van der Waals surface area contributed by atoms with E-state index in [0.717, 1.165) is 21.5 Å². The molecule has 0 unspecified atom stereocenters. The maximum atomic E-state index is 12.7. The number of nitrogens with zero attached hydrogens (tertiary/aromatic N) is 2. The Kier molecular flexibility index (Phi) is 5.85. The summed E-state index contributed by atoms with van der Waals surface area (Å²) in [5, 5.41) is 2.87. The minimum absolute atomic E-state index is 0.195. The Labute approximate surface area is 182 Å². The Morgan fingerprint density at radius 3 is 2.83 bits per heavy atom. The molecule has 0 bridgehead atoms. The molecule has 8 heteroatoms. The summed E-state index contributed by atoms with van der Waals surface area (Å²) in [6.45, 7) is 0.740. The fourth-order valence-corrected chi connectivity index (χ4v) is 3.71. The number of amides is 2. The lowest BCUT2D eigenvalue weighted by molar-refractivity contribution is 0.205. The van der Waals surface area contributed by atoms with Gasteiger partial charge in [-0.3, -0.25) is 4.79 Å². The van der Waals surface area contributed by atoms with Crippen LogP contribution in [0, 0.1) is 0 Å². The molecule has 0 fully saturated rings. The smallest absolute Gasteiger partial charge is 0.322 e. The van der Waals surface area contributed by atoms with Gasteiger partial charge in [-0.2, -0.15) is 0 Å². The molecule has 0 saturated carbocycles. The lowest BCUT2D eigenvalue weighted by Crippen LogP contribution is -2.42. The molecule has 7 nitrogen and oxygen atoms in total. The van der Waals surface area contributed by atoms with Gasteiger partial charge in [0.15, 0.2) is 0 Å². The number of rotatable bonds is 4. The van der Waals surface area contributed by atoms with Crippen molar-refractivity contribution in [1.82, 2.24) is 14.9 Å². The van der Waals surface area contributed by atoms with Gasteiger partial charge in [0.05, 0.1) is 24.9 Å². The number of methoxy groups -OCH3 is 1. The summed E-state index contributed by atoms with van der Waals surface area (Å²) in [7, 11) is 1.62. The van der Waals surface area contributed by atoms with Crippen molar-refractivity contribution in [2.45, 2.75) is 19.4 Å². The van der Waals surface area contributed by atoms with Crippen molar-refractivity contribution in [1.29, 1.82) is 0 Å². The summed E-state index contributed by atoms with van der Waals surface area (Å²) >= 11 is 3.37. The van der Waals surface area contributed by atoms with E-state index in [2.05, 4.69) is 31.2 Å². The van der Waals surface area contributed by atoms with Crippen molar-refractivity contribution < 1.29 is 9.53 Å². The van der Waals surface area contributed by atoms with Gasteiger partial charge in [0.25, 0.3) is 5.56 Å². The first-order valence-corrected chi connectivity index (χ1v) is 10.4. The molecule has 1 aliphatic rings. The monoisotopic (exact) mass is 468 g/mol. The number of nitrogens with one attached hydrogen (secondary N) is 2. The molecule has 1 aliphatic heterocycles. The number of halogens is 1. The highest BCUT2D eigenvalue weighted by Crippen LogP contribution is 2.19. The first-order valence-electron chi connectivity index (χ1n) is 9.57. The van der Waals surface area contributed by atoms with E-state index in [1.807, 2.05) is 48.5 Å². The third kappa shape index (κ3) is 4.54. The zero-order chi connectivity index (χ0) is 21.1. The molecule has 4 rings (SSSR count). The van der Waals surface area contributed by atoms with Gasteiger partial charge in [-0.15, -0.1) is 0 Å². The predicted molar refractivity (Wildman–Crippen MR) is 118 cm³/mol. The van der Waals surface area contributed by atoms with E-state index in [0.29, 0.717) is 36.5 Å². The Bertz CT molecular complexity index is 1130. The molecular weight excluding hydrogens is 448 g/mol. The Balaban J connectivity index is 1.48. The van der Waals surface area contributed by atoms with E-state index >= 15 is 0 Å². The summed E-state index contributed by atoms with van der Waals surface area (Å²) in [5.74, 6) is 1.38. The summed E-state index contributed by atoms with van der Waals surface area (Å²) < 4.78 is 6.19. The van der Waals surface area contributed by atoms with Crippen LogP contribution >= 0.6 is 15.9 Å². The predicted octanol–water partition coefficient (Wildman–Crippen LogP) is 3.72. The van der Waals surface area contributed by atoms with Gasteiger partial charge < -0.3 is 19.9 Å². The van der Waals surface area contributed by atoms with Crippen LogP contribution in [0.5, 0.6) is 5.75 Å². The van der Waals surface area contributed by atoms with Gasteiger partial charge in [0, 0.05) is 29.5 Å². The van der Waals surface area contributed by atoms with Crippen LogP contribution in [0.1, 0.15) is 22.6 Å². The Hall–Kier alpha value is -3.13. The molecule has 0 aliphatic carbocycles. The van der Waals surface area contributed by atoms with Crippen LogP contribution in [0.25, 0.3) is 0 Å². The molecule has 1 aromatic heterocycles. The molecule has 3 aromatic rings. The van der Waals surface area contributed by atoms with Crippen LogP contribution in [0.4, 0.5) is 10.5 Å². The molecule has 0 saturated heterocycles. The van der Waals surface area contributed by atoms with Crippen molar-refractivity contribution in [3.63, 3.8) is 0 Å².